The van der Waals surface area contributed by atoms with E-state index in [0.717, 1.165) is 5.56 Å². The molecule has 0 aromatic carbocycles. The molecule has 2 heterocycles. The van der Waals surface area contributed by atoms with E-state index in [1.165, 1.54) is 17.1 Å². The molecule has 0 atom stereocenters. The molecular formula is C13H15N5O3. The minimum Gasteiger partial charge on any atom is -0.352 e. The van der Waals surface area contributed by atoms with Crippen LogP contribution in [0.3, 0.4) is 0 Å². The first-order chi connectivity index (χ1) is 10.1. The smallest absolute Gasteiger partial charge is 0.306 e. The highest BCUT2D eigenvalue weighted by molar-refractivity contribution is 5.75. The molecule has 2 rings (SSSR count). The Labute approximate surface area is 121 Å². The lowest BCUT2D eigenvalue weighted by molar-refractivity contribution is -0.385. The van der Waals surface area contributed by atoms with E-state index in [1.54, 1.807) is 12.4 Å². The number of carbonyl (C=O) groups is 1. The summed E-state index contributed by atoms with van der Waals surface area (Å²) in [6.07, 6.45) is 6.83. The molecule has 0 bridgehead atoms. The molecule has 0 saturated carbocycles. The second kappa shape index (κ2) is 7.13. The molecule has 0 aliphatic carbocycles. The zero-order chi connectivity index (χ0) is 15.1. The van der Waals surface area contributed by atoms with Crippen LogP contribution in [0.15, 0.2) is 36.9 Å². The van der Waals surface area contributed by atoms with Gasteiger partial charge in [0, 0.05) is 31.9 Å². The lowest BCUT2D eigenvalue weighted by Crippen LogP contribution is -2.22. The third-order valence-electron chi connectivity index (χ3n) is 2.83. The summed E-state index contributed by atoms with van der Waals surface area (Å²) in [6, 6.07) is 3.70. The Morgan fingerprint density at radius 2 is 2.29 bits per heavy atom. The van der Waals surface area contributed by atoms with Gasteiger partial charge in [-0.25, -0.2) is 0 Å². The van der Waals surface area contributed by atoms with Crippen LogP contribution in [0.25, 0.3) is 0 Å². The highest BCUT2D eigenvalue weighted by Crippen LogP contribution is 2.08. The fraction of sp³-hybridized carbons (Fsp3) is 0.308. The van der Waals surface area contributed by atoms with Crippen molar-refractivity contribution < 1.29 is 9.72 Å². The molecule has 0 unspecified atom stereocenters. The minimum atomic E-state index is -0.496. The first-order valence-corrected chi connectivity index (χ1v) is 6.47. The summed E-state index contributed by atoms with van der Waals surface area (Å²) in [4.78, 5) is 25.6. The van der Waals surface area contributed by atoms with Crippen LogP contribution in [0.1, 0.15) is 18.4 Å². The highest BCUT2D eigenvalue weighted by atomic mass is 16.6. The monoisotopic (exact) mass is 289 g/mol. The Hall–Kier alpha value is -2.77. The Kier molecular flexibility index (Phi) is 4.97. The van der Waals surface area contributed by atoms with Crippen molar-refractivity contribution in [1.29, 1.82) is 0 Å². The summed E-state index contributed by atoms with van der Waals surface area (Å²) in [7, 11) is 0. The van der Waals surface area contributed by atoms with Gasteiger partial charge in [-0.2, -0.15) is 5.10 Å². The molecule has 1 amide bonds. The molecule has 0 spiro atoms. The van der Waals surface area contributed by atoms with E-state index in [2.05, 4.69) is 15.4 Å². The quantitative estimate of drug-likeness (QED) is 0.611. The van der Waals surface area contributed by atoms with E-state index in [0.29, 0.717) is 25.9 Å². The van der Waals surface area contributed by atoms with E-state index in [-0.39, 0.29) is 11.6 Å². The summed E-state index contributed by atoms with van der Waals surface area (Å²) >= 11 is 0. The molecule has 0 saturated heterocycles. The standard InChI is InChI=1S/C13H15N5O3/c19-13(15-8-11-3-1-5-14-7-11)4-2-6-17-10-12(9-16-17)18(20)21/h1,3,5,7,9-10H,2,4,6,8H2,(H,15,19). The number of hydrogen-bond acceptors (Lipinski definition) is 5. The van der Waals surface area contributed by atoms with Gasteiger partial charge in [0.15, 0.2) is 0 Å². The van der Waals surface area contributed by atoms with Crippen LogP contribution < -0.4 is 5.32 Å². The largest absolute Gasteiger partial charge is 0.352 e. The maximum atomic E-state index is 11.7. The second-order valence-electron chi connectivity index (χ2n) is 4.46. The number of nitrogens with zero attached hydrogens (tertiary/aromatic N) is 4. The van der Waals surface area contributed by atoms with Crippen molar-refractivity contribution in [2.24, 2.45) is 0 Å². The predicted octanol–water partition coefficient (Wildman–Crippen LogP) is 1.28. The molecule has 1 N–H and O–H groups in total. The normalized spacial score (nSPS) is 10.3. The number of carbonyl (C=O) groups excluding carboxylic acids is 1. The van der Waals surface area contributed by atoms with Crippen molar-refractivity contribution in [3.05, 3.63) is 52.6 Å². The summed E-state index contributed by atoms with van der Waals surface area (Å²) in [5, 5.41) is 17.2. The van der Waals surface area contributed by atoms with Crippen molar-refractivity contribution in [3.63, 3.8) is 0 Å². The van der Waals surface area contributed by atoms with Crippen molar-refractivity contribution in [3.8, 4) is 0 Å². The van der Waals surface area contributed by atoms with Crippen LogP contribution in [0.2, 0.25) is 0 Å². The lowest BCUT2D eigenvalue weighted by atomic mass is 10.2. The van der Waals surface area contributed by atoms with Crippen molar-refractivity contribution in [1.82, 2.24) is 20.1 Å². The number of nitro groups is 1. The molecule has 8 heteroatoms. The van der Waals surface area contributed by atoms with E-state index in [4.69, 9.17) is 0 Å². The van der Waals surface area contributed by atoms with E-state index in [1.807, 2.05) is 12.1 Å². The van der Waals surface area contributed by atoms with Crippen LogP contribution in [0, 0.1) is 10.1 Å². The van der Waals surface area contributed by atoms with Gasteiger partial charge in [-0.15, -0.1) is 0 Å². The van der Waals surface area contributed by atoms with Crippen LogP contribution in [0.5, 0.6) is 0 Å². The number of amides is 1. The summed E-state index contributed by atoms with van der Waals surface area (Å²) in [5.74, 6) is -0.0690. The number of aromatic nitrogens is 3. The molecule has 0 fully saturated rings. The first kappa shape index (κ1) is 14.6. The molecular weight excluding hydrogens is 274 g/mol. The van der Waals surface area contributed by atoms with Gasteiger partial charge in [0.05, 0.1) is 4.92 Å². The molecule has 2 aromatic rings. The second-order valence-corrected chi connectivity index (χ2v) is 4.46. The third kappa shape index (κ3) is 4.68. The molecule has 8 nitrogen and oxygen atoms in total. The predicted molar refractivity (Wildman–Crippen MR) is 74.2 cm³/mol. The highest BCUT2D eigenvalue weighted by Gasteiger charge is 2.08. The average Bonchev–Trinajstić information content (AvgIpc) is 2.95. The number of nitrogens with one attached hydrogen (secondary N) is 1. The molecule has 0 aliphatic rings. The fourth-order valence-electron chi connectivity index (χ4n) is 1.76. The Bertz CT molecular complexity index is 611. The number of rotatable bonds is 7. The van der Waals surface area contributed by atoms with Crippen molar-refractivity contribution in [2.45, 2.75) is 25.9 Å². The fourth-order valence-corrected chi connectivity index (χ4v) is 1.76. The SMILES string of the molecule is O=C(CCCn1cc([N+](=O)[O-])cn1)NCc1cccnc1. The number of pyridine rings is 1. The van der Waals surface area contributed by atoms with E-state index >= 15 is 0 Å². The van der Waals surface area contributed by atoms with E-state index < -0.39 is 4.92 Å². The summed E-state index contributed by atoms with van der Waals surface area (Å²) in [5.41, 5.74) is 0.893. The topological polar surface area (TPSA) is 103 Å². The first-order valence-electron chi connectivity index (χ1n) is 6.47. The number of hydrogen-bond donors (Lipinski definition) is 1. The zero-order valence-corrected chi connectivity index (χ0v) is 11.3. The summed E-state index contributed by atoms with van der Waals surface area (Å²) in [6.45, 7) is 0.911. The van der Waals surface area contributed by atoms with Crippen LogP contribution >= 0.6 is 0 Å². The minimum absolute atomic E-state index is 0.0453. The van der Waals surface area contributed by atoms with Crippen LogP contribution in [-0.2, 0) is 17.9 Å². The van der Waals surface area contributed by atoms with Gasteiger partial charge in [-0.1, -0.05) is 6.07 Å². The van der Waals surface area contributed by atoms with Gasteiger partial charge in [0.2, 0.25) is 5.91 Å². The van der Waals surface area contributed by atoms with Crippen LogP contribution in [0.4, 0.5) is 5.69 Å². The average molecular weight is 289 g/mol. The molecule has 110 valence electrons. The van der Waals surface area contributed by atoms with E-state index in [9.17, 15) is 14.9 Å². The molecule has 0 aliphatic heterocycles. The van der Waals surface area contributed by atoms with Crippen molar-refractivity contribution >= 4 is 11.6 Å². The number of aryl methyl sites for hydroxylation is 1. The lowest BCUT2D eigenvalue weighted by Gasteiger charge is -2.05. The third-order valence-corrected chi connectivity index (χ3v) is 2.83. The summed E-state index contributed by atoms with van der Waals surface area (Å²) < 4.78 is 1.46. The van der Waals surface area contributed by atoms with Gasteiger partial charge in [-0.05, 0) is 18.1 Å². The zero-order valence-electron chi connectivity index (χ0n) is 11.3. The maximum absolute atomic E-state index is 11.7. The van der Waals surface area contributed by atoms with Crippen LogP contribution in [-0.4, -0.2) is 25.6 Å². The van der Waals surface area contributed by atoms with Gasteiger partial charge >= 0.3 is 5.69 Å². The molecule has 21 heavy (non-hydrogen) atoms. The maximum Gasteiger partial charge on any atom is 0.306 e. The van der Waals surface area contributed by atoms with Gasteiger partial charge in [0.25, 0.3) is 0 Å². The Morgan fingerprint density at radius 1 is 1.43 bits per heavy atom. The Balaban J connectivity index is 1.68. The molecule has 2 aromatic heterocycles. The molecule has 0 radical (unpaired) electrons. The van der Waals surface area contributed by atoms with Gasteiger partial charge in [0.1, 0.15) is 12.4 Å². The Morgan fingerprint density at radius 3 is 2.95 bits per heavy atom. The van der Waals surface area contributed by atoms with Crippen molar-refractivity contribution in [2.75, 3.05) is 0 Å². The van der Waals surface area contributed by atoms with Gasteiger partial charge in [-0.3, -0.25) is 24.6 Å². The van der Waals surface area contributed by atoms with Gasteiger partial charge < -0.3 is 5.32 Å².